The second-order valence-corrected chi connectivity index (χ2v) is 10.9. The molecule has 0 aromatic heterocycles. The Morgan fingerprint density at radius 2 is 1.50 bits per heavy atom. The number of hydrogen-bond acceptors (Lipinski definition) is 2. The number of benzene rings is 2. The van der Waals surface area contributed by atoms with Gasteiger partial charge < -0.3 is 26.7 Å². The Morgan fingerprint density at radius 3 is 2.03 bits per heavy atom. The number of nitrogens with zero attached hydrogens (tertiary/aromatic N) is 1. The molecule has 30 heavy (non-hydrogen) atoms. The highest BCUT2D eigenvalue weighted by atomic mass is 35.5. The summed E-state index contributed by atoms with van der Waals surface area (Å²) in [4.78, 5) is 0. The van der Waals surface area contributed by atoms with Gasteiger partial charge in [-0.15, -0.1) is 0 Å². The SMILES string of the molecule is CC(C)(C)c1ccc(OCC(O)C[N+](C)(C)Cc2ccccc2)c(C(C)(C)C)c1.[Cl-]. The van der Waals surface area contributed by atoms with Gasteiger partial charge in [0.1, 0.15) is 31.5 Å². The third-order valence-corrected chi connectivity index (χ3v) is 5.24. The minimum absolute atomic E-state index is 0. The van der Waals surface area contributed by atoms with Gasteiger partial charge in [-0.25, -0.2) is 0 Å². The number of quaternary nitrogens is 1. The lowest BCUT2D eigenvalue weighted by molar-refractivity contribution is -0.906. The zero-order chi connectivity index (χ0) is 21.9. The largest absolute Gasteiger partial charge is 1.00 e. The van der Waals surface area contributed by atoms with Crippen molar-refractivity contribution in [3.8, 4) is 5.75 Å². The standard InChI is InChI=1S/C26H40NO2.ClH/c1-25(2,3)21-14-15-24(23(16-21)26(4,5)6)29-19-22(28)18-27(7,8)17-20-12-10-9-11-13-20;/h9-16,22,28H,17-19H2,1-8H3;1H/q+1;/p-1. The van der Waals surface area contributed by atoms with E-state index in [2.05, 4.69) is 98.1 Å². The molecule has 2 aromatic carbocycles. The number of aliphatic hydroxyl groups excluding tert-OH is 1. The Morgan fingerprint density at radius 1 is 0.900 bits per heavy atom. The summed E-state index contributed by atoms with van der Waals surface area (Å²) in [7, 11) is 4.30. The summed E-state index contributed by atoms with van der Waals surface area (Å²) < 4.78 is 6.84. The highest BCUT2D eigenvalue weighted by molar-refractivity contribution is 5.43. The number of ether oxygens (including phenoxy) is 1. The van der Waals surface area contributed by atoms with Gasteiger partial charge in [0.25, 0.3) is 0 Å². The van der Waals surface area contributed by atoms with E-state index in [1.807, 2.05) is 6.07 Å². The molecule has 0 bridgehead atoms. The first kappa shape index (κ1) is 26.5. The molecule has 2 rings (SSSR count). The molecule has 4 heteroatoms. The average Bonchev–Trinajstić information content (AvgIpc) is 2.58. The van der Waals surface area contributed by atoms with Crippen LogP contribution in [0.5, 0.6) is 5.75 Å². The predicted octanol–water partition coefficient (Wildman–Crippen LogP) is 2.30. The first-order valence-corrected chi connectivity index (χ1v) is 10.6. The number of hydrogen-bond donors (Lipinski definition) is 1. The second-order valence-electron chi connectivity index (χ2n) is 10.9. The van der Waals surface area contributed by atoms with Gasteiger partial charge in [0, 0.05) is 5.56 Å². The molecule has 0 amide bonds. The van der Waals surface area contributed by atoms with Gasteiger partial charge in [0.2, 0.25) is 0 Å². The van der Waals surface area contributed by atoms with Gasteiger partial charge in [-0.2, -0.15) is 0 Å². The first-order valence-electron chi connectivity index (χ1n) is 10.6. The van der Waals surface area contributed by atoms with E-state index in [-0.39, 0.29) is 23.2 Å². The lowest BCUT2D eigenvalue weighted by atomic mass is 9.80. The van der Waals surface area contributed by atoms with Crippen LogP contribution < -0.4 is 17.1 Å². The average molecular weight is 434 g/mol. The maximum atomic E-state index is 10.7. The van der Waals surface area contributed by atoms with Gasteiger partial charge >= 0.3 is 0 Å². The van der Waals surface area contributed by atoms with Crippen molar-refractivity contribution in [1.29, 1.82) is 0 Å². The van der Waals surface area contributed by atoms with Crippen molar-refractivity contribution in [2.24, 2.45) is 0 Å². The molecule has 1 unspecified atom stereocenters. The highest BCUT2D eigenvalue weighted by Crippen LogP contribution is 2.35. The van der Waals surface area contributed by atoms with Crippen LogP contribution in [0.15, 0.2) is 48.5 Å². The molecule has 1 atom stereocenters. The Bertz CT molecular complexity index is 789. The zero-order valence-corrected chi connectivity index (χ0v) is 20.8. The van der Waals surface area contributed by atoms with Crippen molar-refractivity contribution < 1.29 is 26.7 Å². The van der Waals surface area contributed by atoms with Crippen LogP contribution in [0, 0.1) is 0 Å². The Hall–Kier alpha value is -1.55. The molecular weight excluding hydrogens is 394 g/mol. The summed E-state index contributed by atoms with van der Waals surface area (Å²) in [6.45, 7) is 15.1. The second kappa shape index (κ2) is 10.2. The van der Waals surface area contributed by atoms with Crippen molar-refractivity contribution in [3.05, 3.63) is 65.2 Å². The predicted molar refractivity (Wildman–Crippen MR) is 122 cm³/mol. The molecule has 0 spiro atoms. The quantitative estimate of drug-likeness (QED) is 0.679. The van der Waals surface area contributed by atoms with E-state index in [1.165, 1.54) is 16.7 Å². The fraction of sp³-hybridized carbons (Fsp3) is 0.538. The number of aliphatic hydroxyl groups is 1. The van der Waals surface area contributed by atoms with E-state index in [0.717, 1.165) is 12.3 Å². The zero-order valence-electron chi connectivity index (χ0n) is 20.0. The molecule has 0 heterocycles. The van der Waals surface area contributed by atoms with Crippen molar-refractivity contribution >= 4 is 0 Å². The smallest absolute Gasteiger partial charge is 0.137 e. The van der Waals surface area contributed by atoms with Crippen LogP contribution in [0.1, 0.15) is 58.2 Å². The lowest BCUT2D eigenvalue weighted by Crippen LogP contribution is -3.00. The van der Waals surface area contributed by atoms with E-state index in [4.69, 9.17) is 4.74 Å². The van der Waals surface area contributed by atoms with Crippen molar-refractivity contribution in [2.75, 3.05) is 27.2 Å². The summed E-state index contributed by atoms with van der Waals surface area (Å²) in [5.74, 6) is 0.873. The Labute approximate surface area is 190 Å². The maximum absolute atomic E-state index is 10.7. The minimum Gasteiger partial charge on any atom is -1.00 e. The van der Waals surface area contributed by atoms with Crippen molar-refractivity contribution in [1.82, 2.24) is 0 Å². The first-order chi connectivity index (χ1) is 13.3. The Balaban J connectivity index is 0.00000450. The van der Waals surface area contributed by atoms with E-state index in [1.54, 1.807) is 0 Å². The van der Waals surface area contributed by atoms with Gasteiger partial charge in [-0.05, 0) is 28.0 Å². The molecule has 0 saturated carbocycles. The number of likely N-dealkylation sites (N-methyl/N-ethyl adjacent to an activating group) is 1. The normalized spacial score (nSPS) is 13.5. The van der Waals surface area contributed by atoms with Crippen LogP contribution in [0.25, 0.3) is 0 Å². The van der Waals surface area contributed by atoms with Gasteiger partial charge in [0.05, 0.1) is 14.1 Å². The summed E-state index contributed by atoms with van der Waals surface area (Å²) in [6.07, 6.45) is -0.524. The summed E-state index contributed by atoms with van der Waals surface area (Å²) >= 11 is 0. The molecular formula is C26H40ClNO2. The third-order valence-electron chi connectivity index (χ3n) is 5.24. The molecule has 0 aliphatic carbocycles. The fourth-order valence-electron chi connectivity index (χ4n) is 3.66. The van der Waals surface area contributed by atoms with Crippen LogP contribution >= 0.6 is 0 Å². The molecule has 2 aromatic rings. The van der Waals surface area contributed by atoms with E-state index in [0.29, 0.717) is 17.6 Å². The molecule has 0 aliphatic heterocycles. The molecule has 1 N–H and O–H groups in total. The molecule has 0 fully saturated rings. The molecule has 168 valence electrons. The fourth-order valence-corrected chi connectivity index (χ4v) is 3.66. The topological polar surface area (TPSA) is 29.5 Å². The molecule has 0 aliphatic rings. The van der Waals surface area contributed by atoms with Crippen LogP contribution in [-0.2, 0) is 17.4 Å². The van der Waals surface area contributed by atoms with Crippen molar-refractivity contribution in [3.63, 3.8) is 0 Å². The van der Waals surface area contributed by atoms with Crippen LogP contribution in [0.3, 0.4) is 0 Å². The Kier molecular flexibility index (Phi) is 8.98. The molecule has 3 nitrogen and oxygen atoms in total. The van der Waals surface area contributed by atoms with Crippen LogP contribution in [0.2, 0.25) is 0 Å². The van der Waals surface area contributed by atoms with Crippen LogP contribution in [-0.4, -0.2) is 42.9 Å². The molecule has 0 saturated heterocycles. The summed E-state index contributed by atoms with van der Waals surface area (Å²) in [6, 6.07) is 16.9. The highest BCUT2D eigenvalue weighted by Gasteiger charge is 2.25. The van der Waals surface area contributed by atoms with Crippen molar-refractivity contribution in [2.45, 2.75) is 65.0 Å². The van der Waals surface area contributed by atoms with E-state index < -0.39 is 6.10 Å². The van der Waals surface area contributed by atoms with E-state index in [9.17, 15) is 5.11 Å². The lowest BCUT2D eigenvalue weighted by Gasteiger charge is -2.32. The maximum Gasteiger partial charge on any atom is 0.137 e. The van der Waals surface area contributed by atoms with Gasteiger partial charge in [-0.1, -0.05) is 84.0 Å². The van der Waals surface area contributed by atoms with E-state index >= 15 is 0 Å². The number of rotatable bonds is 7. The minimum atomic E-state index is -0.524. The summed E-state index contributed by atoms with van der Waals surface area (Å²) in [5, 5.41) is 10.7. The van der Waals surface area contributed by atoms with Gasteiger partial charge in [-0.3, -0.25) is 0 Å². The van der Waals surface area contributed by atoms with Gasteiger partial charge in [0.15, 0.2) is 0 Å². The third kappa shape index (κ3) is 7.94. The molecule has 0 radical (unpaired) electrons. The summed E-state index contributed by atoms with van der Waals surface area (Å²) in [5.41, 5.74) is 3.84. The number of halogens is 1. The monoisotopic (exact) mass is 433 g/mol. The van der Waals surface area contributed by atoms with Crippen LogP contribution in [0.4, 0.5) is 0 Å².